The van der Waals surface area contributed by atoms with Gasteiger partial charge in [0.05, 0.1) is 5.56 Å². The van der Waals surface area contributed by atoms with Crippen LogP contribution in [0.15, 0.2) is 29.2 Å². The number of hydrogen-bond donors (Lipinski definition) is 1. The predicted octanol–water partition coefficient (Wildman–Crippen LogP) is 3.01. The molecule has 1 N–H and O–H groups in total. The summed E-state index contributed by atoms with van der Waals surface area (Å²) in [7, 11) is 0. The van der Waals surface area contributed by atoms with E-state index in [4.69, 9.17) is 0 Å². The molecule has 0 aromatic heterocycles. The van der Waals surface area contributed by atoms with Crippen LogP contribution in [0.1, 0.15) is 37.0 Å². The van der Waals surface area contributed by atoms with Gasteiger partial charge < -0.3 is 10.2 Å². The average molecular weight is 292 g/mol. The highest BCUT2D eigenvalue weighted by molar-refractivity contribution is 7.98. The molecule has 0 aliphatic carbocycles. The van der Waals surface area contributed by atoms with E-state index in [2.05, 4.69) is 24.1 Å². The standard InChI is InChI=1S/C16H24N2OS/c1-4-12(2)18(13-9-10-17-11-13)16(19)14-7-5-6-8-15(14)20-3/h5-8,12-13,17H,4,9-11H2,1-3H3. The van der Waals surface area contributed by atoms with Gasteiger partial charge in [0.2, 0.25) is 0 Å². The van der Waals surface area contributed by atoms with Gasteiger partial charge in [-0.25, -0.2) is 0 Å². The lowest BCUT2D eigenvalue weighted by Crippen LogP contribution is -2.47. The van der Waals surface area contributed by atoms with Gasteiger partial charge in [-0.2, -0.15) is 0 Å². The molecule has 2 rings (SSSR count). The number of thioether (sulfide) groups is 1. The zero-order chi connectivity index (χ0) is 14.5. The van der Waals surface area contributed by atoms with Gasteiger partial charge >= 0.3 is 0 Å². The largest absolute Gasteiger partial charge is 0.332 e. The number of hydrogen-bond acceptors (Lipinski definition) is 3. The Balaban J connectivity index is 2.30. The minimum absolute atomic E-state index is 0.179. The summed E-state index contributed by atoms with van der Waals surface area (Å²) in [5.41, 5.74) is 0.840. The van der Waals surface area contributed by atoms with Gasteiger partial charge in [-0.15, -0.1) is 11.8 Å². The molecule has 1 saturated heterocycles. The van der Waals surface area contributed by atoms with Gasteiger partial charge in [0.15, 0.2) is 0 Å². The Morgan fingerprint density at radius 2 is 2.25 bits per heavy atom. The van der Waals surface area contributed by atoms with Crippen molar-refractivity contribution in [2.75, 3.05) is 19.3 Å². The number of nitrogens with zero attached hydrogens (tertiary/aromatic N) is 1. The topological polar surface area (TPSA) is 32.3 Å². The molecule has 0 radical (unpaired) electrons. The van der Waals surface area contributed by atoms with Crippen molar-refractivity contribution in [3.05, 3.63) is 29.8 Å². The quantitative estimate of drug-likeness (QED) is 0.847. The van der Waals surface area contributed by atoms with Crippen molar-refractivity contribution in [1.29, 1.82) is 0 Å². The summed E-state index contributed by atoms with van der Waals surface area (Å²) in [4.78, 5) is 16.2. The molecule has 1 fully saturated rings. The lowest BCUT2D eigenvalue weighted by atomic mass is 10.1. The molecule has 1 amide bonds. The van der Waals surface area contributed by atoms with Crippen LogP contribution < -0.4 is 5.32 Å². The fourth-order valence-corrected chi connectivity index (χ4v) is 3.35. The Morgan fingerprint density at radius 1 is 1.50 bits per heavy atom. The molecule has 0 saturated carbocycles. The maximum Gasteiger partial charge on any atom is 0.255 e. The van der Waals surface area contributed by atoms with Crippen molar-refractivity contribution in [2.24, 2.45) is 0 Å². The molecule has 4 heteroatoms. The van der Waals surface area contributed by atoms with E-state index in [1.807, 2.05) is 30.5 Å². The molecular weight excluding hydrogens is 268 g/mol. The van der Waals surface area contributed by atoms with E-state index >= 15 is 0 Å². The first kappa shape index (κ1) is 15.4. The van der Waals surface area contributed by atoms with E-state index in [-0.39, 0.29) is 11.9 Å². The Hall–Kier alpha value is -1.00. The van der Waals surface area contributed by atoms with Crippen LogP contribution in [-0.2, 0) is 0 Å². The minimum atomic E-state index is 0.179. The molecule has 3 nitrogen and oxygen atoms in total. The SMILES string of the molecule is CCC(C)N(C(=O)c1ccccc1SC)C1CCNC1. The van der Waals surface area contributed by atoms with E-state index in [9.17, 15) is 4.79 Å². The average Bonchev–Trinajstić information content (AvgIpc) is 3.00. The van der Waals surface area contributed by atoms with Crippen LogP contribution in [0.2, 0.25) is 0 Å². The molecule has 0 spiro atoms. The van der Waals surface area contributed by atoms with E-state index in [0.29, 0.717) is 6.04 Å². The number of carbonyl (C=O) groups is 1. The predicted molar refractivity (Wildman–Crippen MR) is 85.4 cm³/mol. The first-order chi connectivity index (χ1) is 9.69. The highest BCUT2D eigenvalue weighted by Gasteiger charge is 2.31. The third-order valence-electron chi connectivity index (χ3n) is 4.07. The van der Waals surface area contributed by atoms with E-state index < -0.39 is 0 Å². The molecule has 1 heterocycles. The molecule has 1 aromatic rings. The summed E-state index contributed by atoms with van der Waals surface area (Å²) in [5, 5.41) is 3.37. The summed E-state index contributed by atoms with van der Waals surface area (Å²) in [6.07, 6.45) is 4.07. The van der Waals surface area contributed by atoms with Crippen molar-refractivity contribution in [3.8, 4) is 0 Å². The fraction of sp³-hybridized carbons (Fsp3) is 0.562. The summed E-state index contributed by atoms with van der Waals surface area (Å²) >= 11 is 1.64. The zero-order valence-electron chi connectivity index (χ0n) is 12.6. The van der Waals surface area contributed by atoms with Crippen LogP contribution in [0, 0.1) is 0 Å². The molecule has 2 unspecified atom stereocenters. The van der Waals surface area contributed by atoms with E-state index in [0.717, 1.165) is 36.4 Å². The number of rotatable bonds is 5. The molecule has 110 valence electrons. The second-order valence-corrected chi connectivity index (χ2v) is 6.16. The third-order valence-corrected chi connectivity index (χ3v) is 4.86. The molecule has 1 aliphatic rings. The molecule has 2 atom stereocenters. The van der Waals surface area contributed by atoms with Gasteiger partial charge in [-0.1, -0.05) is 19.1 Å². The van der Waals surface area contributed by atoms with Gasteiger partial charge in [0, 0.05) is 23.5 Å². The van der Waals surface area contributed by atoms with Crippen molar-refractivity contribution in [3.63, 3.8) is 0 Å². The summed E-state index contributed by atoms with van der Waals surface area (Å²) in [6, 6.07) is 8.53. The highest BCUT2D eigenvalue weighted by Crippen LogP contribution is 2.25. The summed E-state index contributed by atoms with van der Waals surface area (Å²) in [5.74, 6) is 0.179. The van der Waals surface area contributed by atoms with Gasteiger partial charge in [-0.05, 0) is 44.7 Å². The van der Waals surface area contributed by atoms with Crippen LogP contribution >= 0.6 is 11.8 Å². The molecule has 1 aliphatic heterocycles. The molecule has 20 heavy (non-hydrogen) atoms. The van der Waals surface area contributed by atoms with Crippen molar-refractivity contribution in [2.45, 2.75) is 43.7 Å². The van der Waals surface area contributed by atoms with Gasteiger partial charge in [0.25, 0.3) is 5.91 Å². The number of amides is 1. The minimum Gasteiger partial charge on any atom is -0.332 e. The van der Waals surface area contributed by atoms with Crippen LogP contribution in [0.5, 0.6) is 0 Å². The van der Waals surface area contributed by atoms with Crippen molar-refractivity contribution >= 4 is 17.7 Å². The Kier molecular flexibility index (Phi) is 5.49. The van der Waals surface area contributed by atoms with Crippen molar-refractivity contribution in [1.82, 2.24) is 10.2 Å². The zero-order valence-corrected chi connectivity index (χ0v) is 13.4. The lowest BCUT2D eigenvalue weighted by molar-refractivity contribution is 0.0600. The molecule has 1 aromatic carbocycles. The smallest absolute Gasteiger partial charge is 0.255 e. The van der Waals surface area contributed by atoms with Gasteiger partial charge in [0.1, 0.15) is 0 Å². The fourth-order valence-electron chi connectivity index (χ4n) is 2.76. The van der Waals surface area contributed by atoms with Crippen molar-refractivity contribution < 1.29 is 4.79 Å². The maximum atomic E-state index is 13.0. The highest BCUT2D eigenvalue weighted by atomic mass is 32.2. The van der Waals surface area contributed by atoms with Crippen LogP contribution in [0.3, 0.4) is 0 Å². The monoisotopic (exact) mass is 292 g/mol. The van der Waals surface area contributed by atoms with Crippen LogP contribution in [0.4, 0.5) is 0 Å². The number of benzene rings is 1. The molecular formula is C16H24N2OS. The lowest BCUT2D eigenvalue weighted by Gasteiger charge is -2.34. The van der Waals surface area contributed by atoms with Crippen LogP contribution in [0.25, 0.3) is 0 Å². The maximum absolute atomic E-state index is 13.0. The van der Waals surface area contributed by atoms with Gasteiger partial charge in [-0.3, -0.25) is 4.79 Å². The first-order valence-electron chi connectivity index (χ1n) is 7.35. The van der Waals surface area contributed by atoms with E-state index in [1.165, 1.54) is 0 Å². The summed E-state index contributed by atoms with van der Waals surface area (Å²) in [6.45, 7) is 6.22. The number of nitrogens with one attached hydrogen (secondary N) is 1. The Labute approximate surface area is 126 Å². The summed E-state index contributed by atoms with van der Waals surface area (Å²) < 4.78 is 0. The number of carbonyl (C=O) groups excluding carboxylic acids is 1. The first-order valence-corrected chi connectivity index (χ1v) is 8.57. The second-order valence-electron chi connectivity index (χ2n) is 5.32. The van der Waals surface area contributed by atoms with E-state index in [1.54, 1.807) is 11.8 Å². The third kappa shape index (κ3) is 3.18. The molecule has 0 bridgehead atoms. The van der Waals surface area contributed by atoms with Crippen LogP contribution in [-0.4, -0.2) is 42.2 Å². The second kappa shape index (κ2) is 7.14. The normalized spacial score (nSPS) is 19.9. The Morgan fingerprint density at radius 3 is 2.85 bits per heavy atom. The Bertz CT molecular complexity index is 458.